The number of primary amides is 1. The molecule has 0 spiro atoms. The normalized spacial score (nSPS) is 9.56. The van der Waals surface area contributed by atoms with E-state index in [9.17, 15) is 9.59 Å². The molecule has 0 aliphatic rings. The van der Waals surface area contributed by atoms with E-state index in [-0.39, 0.29) is 5.91 Å². The van der Waals surface area contributed by atoms with Crippen LogP contribution in [0.4, 0.5) is 4.79 Å². The molecule has 0 saturated heterocycles. The Morgan fingerprint density at radius 3 is 2.44 bits per heavy atom. The van der Waals surface area contributed by atoms with Crippen LogP contribution in [0.2, 0.25) is 0 Å². The smallest absolute Gasteiger partial charge is 0.312 e. The Labute approximate surface area is 106 Å². The van der Waals surface area contributed by atoms with Crippen molar-refractivity contribution in [1.29, 1.82) is 0 Å². The summed E-state index contributed by atoms with van der Waals surface area (Å²) in [5.41, 5.74) is 6.43. The topological polar surface area (TPSA) is 84.2 Å². The van der Waals surface area contributed by atoms with Crippen LogP contribution in [-0.2, 0) is 6.54 Å². The number of nitrogens with two attached hydrogens (primary N) is 1. The molecule has 0 aliphatic carbocycles. The Kier molecular flexibility index (Phi) is 5.44. The summed E-state index contributed by atoms with van der Waals surface area (Å²) in [7, 11) is 0. The lowest BCUT2D eigenvalue weighted by Gasteiger charge is -2.05. The van der Waals surface area contributed by atoms with Crippen LogP contribution in [0.25, 0.3) is 0 Å². The Morgan fingerprint density at radius 2 is 1.89 bits per heavy atom. The number of nitrogens with one attached hydrogen (secondary N) is 2. The Bertz CT molecular complexity index is 426. The van der Waals surface area contributed by atoms with Crippen LogP contribution in [0.1, 0.15) is 22.3 Å². The van der Waals surface area contributed by atoms with Gasteiger partial charge in [-0.3, -0.25) is 4.79 Å². The van der Waals surface area contributed by atoms with E-state index in [0.29, 0.717) is 18.7 Å². The summed E-state index contributed by atoms with van der Waals surface area (Å²) in [6.07, 6.45) is 2.49. The summed E-state index contributed by atoms with van der Waals surface area (Å²) in [6, 6.07) is 6.40. The molecule has 0 aromatic heterocycles. The second-order valence-corrected chi connectivity index (χ2v) is 3.75. The summed E-state index contributed by atoms with van der Waals surface area (Å²) in [6.45, 7) is 4.51. The molecule has 5 nitrogen and oxygen atoms in total. The lowest BCUT2D eigenvalue weighted by molar-refractivity contribution is 0.0954. The Hall–Kier alpha value is -2.30. The van der Waals surface area contributed by atoms with Gasteiger partial charge in [0.05, 0.1) is 0 Å². The minimum atomic E-state index is -0.568. The highest BCUT2D eigenvalue weighted by Crippen LogP contribution is 2.04. The highest BCUT2D eigenvalue weighted by Gasteiger charge is 2.04. The first kappa shape index (κ1) is 13.8. The fourth-order valence-electron chi connectivity index (χ4n) is 1.35. The van der Waals surface area contributed by atoms with Gasteiger partial charge in [-0.2, -0.15) is 0 Å². The molecule has 96 valence electrons. The Morgan fingerprint density at radius 1 is 1.22 bits per heavy atom. The van der Waals surface area contributed by atoms with Crippen LogP contribution in [0, 0.1) is 0 Å². The molecule has 1 aromatic rings. The van der Waals surface area contributed by atoms with Gasteiger partial charge in [-0.1, -0.05) is 18.2 Å². The molecule has 0 radical (unpaired) electrons. The number of hydrogen-bond donors (Lipinski definition) is 3. The van der Waals surface area contributed by atoms with Gasteiger partial charge in [0, 0.05) is 18.7 Å². The lowest BCUT2D eigenvalue weighted by Crippen LogP contribution is -2.28. The zero-order valence-corrected chi connectivity index (χ0v) is 10.1. The average Bonchev–Trinajstić information content (AvgIpc) is 2.37. The number of carbonyl (C=O) groups excluding carboxylic acids is 2. The molecule has 18 heavy (non-hydrogen) atoms. The van der Waals surface area contributed by atoms with Gasteiger partial charge in [-0.05, 0) is 24.1 Å². The number of hydrogen-bond acceptors (Lipinski definition) is 2. The lowest BCUT2D eigenvalue weighted by atomic mass is 10.1. The first-order valence-electron chi connectivity index (χ1n) is 5.65. The summed E-state index contributed by atoms with van der Waals surface area (Å²) >= 11 is 0. The molecule has 3 amide bonds. The van der Waals surface area contributed by atoms with Crippen molar-refractivity contribution in [1.82, 2.24) is 10.6 Å². The molecule has 0 saturated carbocycles. The van der Waals surface area contributed by atoms with Crippen molar-refractivity contribution >= 4 is 11.9 Å². The molecule has 0 atom stereocenters. The third-order valence-electron chi connectivity index (χ3n) is 2.32. The van der Waals surface area contributed by atoms with E-state index >= 15 is 0 Å². The van der Waals surface area contributed by atoms with Gasteiger partial charge < -0.3 is 16.4 Å². The molecule has 1 rings (SSSR count). The van der Waals surface area contributed by atoms with Gasteiger partial charge in [0.2, 0.25) is 0 Å². The maximum Gasteiger partial charge on any atom is 0.312 e. The predicted molar refractivity (Wildman–Crippen MR) is 70.0 cm³/mol. The molecule has 0 aliphatic heterocycles. The summed E-state index contributed by atoms with van der Waals surface area (Å²) in [4.78, 5) is 22.2. The van der Waals surface area contributed by atoms with Gasteiger partial charge in [-0.25, -0.2) is 4.79 Å². The molecule has 0 unspecified atom stereocenters. The largest absolute Gasteiger partial charge is 0.352 e. The van der Waals surface area contributed by atoms with Gasteiger partial charge in [0.15, 0.2) is 0 Å². The minimum Gasteiger partial charge on any atom is -0.352 e. The van der Waals surface area contributed by atoms with E-state index in [1.807, 2.05) is 0 Å². The second-order valence-electron chi connectivity index (χ2n) is 3.75. The second kappa shape index (κ2) is 7.11. The maximum absolute atomic E-state index is 11.7. The molecular weight excluding hydrogens is 230 g/mol. The van der Waals surface area contributed by atoms with E-state index in [1.54, 1.807) is 30.3 Å². The molecule has 0 heterocycles. The summed E-state index contributed by atoms with van der Waals surface area (Å²) in [5.74, 6) is -0.119. The zero-order valence-electron chi connectivity index (χ0n) is 10.1. The maximum atomic E-state index is 11.7. The first-order valence-corrected chi connectivity index (χ1v) is 5.65. The van der Waals surface area contributed by atoms with Crippen molar-refractivity contribution < 1.29 is 9.59 Å². The molecule has 0 fully saturated rings. The average molecular weight is 247 g/mol. The third-order valence-corrected chi connectivity index (χ3v) is 2.32. The number of carbonyl (C=O) groups is 2. The number of urea groups is 1. The SMILES string of the molecule is C=CCCNC(=O)c1ccc(CNC(N)=O)cc1. The van der Waals surface area contributed by atoms with Crippen LogP contribution in [-0.4, -0.2) is 18.5 Å². The van der Waals surface area contributed by atoms with Crippen LogP contribution >= 0.6 is 0 Å². The molecule has 5 heteroatoms. The third kappa shape index (κ3) is 4.69. The van der Waals surface area contributed by atoms with Gasteiger partial charge in [0.25, 0.3) is 5.91 Å². The van der Waals surface area contributed by atoms with Crippen LogP contribution < -0.4 is 16.4 Å². The van der Waals surface area contributed by atoms with Crippen LogP contribution in [0.5, 0.6) is 0 Å². The monoisotopic (exact) mass is 247 g/mol. The van der Waals surface area contributed by atoms with E-state index in [2.05, 4.69) is 17.2 Å². The van der Waals surface area contributed by atoms with Gasteiger partial charge in [0.1, 0.15) is 0 Å². The zero-order chi connectivity index (χ0) is 13.4. The fourth-order valence-corrected chi connectivity index (χ4v) is 1.35. The molecular formula is C13H17N3O2. The van der Waals surface area contributed by atoms with Crippen molar-refractivity contribution in [2.24, 2.45) is 5.73 Å². The van der Waals surface area contributed by atoms with Crippen molar-refractivity contribution in [3.05, 3.63) is 48.0 Å². The fraction of sp³-hybridized carbons (Fsp3) is 0.231. The van der Waals surface area contributed by atoms with Gasteiger partial charge >= 0.3 is 6.03 Å². The quantitative estimate of drug-likeness (QED) is 0.520. The summed E-state index contributed by atoms with van der Waals surface area (Å²) in [5, 5.41) is 5.25. The minimum absolute atomic E-state index is 0.119. The Balaban J connectivity index is 2.51. The van der Waals surface area contributed by atoms with E-state index in [4.69, 9.17) is 5.73 Å². The van der Waals surface area contributed by atoms with E-state index in [0.717, 1.165) is 12.0 Å². The molecule has 4 N–H and O–H groups in total. The highest BCUT2D eigenvalue weighted by molar-refractivity contribution is 5.94. The standard InChI is InChI=1S/C13H17N3O2/c1-2-3-8-15-12(17)11-6-4-10(5-7-11)9-16-13(14)18/h2,4-7H,1,3,8-9H2,(H,15,17)(H3,14,16,18). The van der Waals surface area contributed by atoms with Crippen molar-refractivity contribution in [2.75, 3.05) is 6.54 Å². The van der Waals surface area contributed by atoms with Crippen LogP contribution in [0.3, 0.4) is 0 Å². The summed E-state index contributed by atoms with van der Waals surface area (Å²) < 4.78 is 0. The highest BCUT2D eigenvalue weighted by atomic mass is 16.2. The van der Waals surface area contributed by atoms with E-state index in [1.165, 1.54) is 0 Å². The number of rotatable bonds is 6. The molecule has 1 aromatic carbocycles. The molecule has 0 bridgehead atoms. The van der Waals surface area contributed by atoms with Crippen molar-refractivity contribution in [2.45, 2.75) is 13.0 Å². The first-order chi connectivity index (χ1) is 8.63. The predicted octanol–water partition coefficient (Wildman–Crippen LogP) is 1.16. The van der Waals surface area contributed by atoms with Gasteiger partial charge in [-0.15, -0.1) is 6.58 Å². The van der Waals surface area contributed by atoms with Crippen molar-refractivity contribution in [3.8, 4) is 0 Å². The van der Waals surface area contributed by atoms with Crippen molar-refractivity contribution in [3.63, 3.8) is 0 Å². The number of amides is 3. The number of benzene rings is 1. The van der Waals surface area contributed by atoms with E-state index < -0.39 is 6.03 Å². The van der Waals surface area contributed by atoms with Crippen LogP contribution in [0.15, 0.2) is 36.9 Å².